The molecule has 0 N–H and O–H groups in total. The van der Waals surface area contributed by atoms with Gasteiger partial charge in [-0.2, -0.15) is 0 Å². The maximum absolute atomic E-state index is 13.6. The van der Waals surface area contributed by atoms with Crippen LogP contribution in [-0.4, -0.2) is 25.4 Å². The van der Waals surface area contributed by atoms with Crippen molar-refractivity contribution in [1.29, 1.82) is 0 Å². The lowest BCUT2D eigenvalue weighted by atomic mass is 10.1. The largest absolute Gasteiger partial charge is 0.289 e. The van der Waals surface area contributed by atoms with Gasteiger partial charge < -0.3 is 0 Å². The average molecular weight is 363 g/mol. The molecule has 5 aromatic rings. The molecule has 6 heteroatoms. The van der Waals surface area contributed by atoms with E-state index >= 15 is 0 Å². The van der Waals surface area contributed by atoms with E-state index in [0.717, 1.165) is 39.0 Å². The fourth-order valence-corrected chi connectivity index (χ4v) is 3.97. The molecular formula is C22H13N5O. The van der Waals surface area contributed by atoms with Crippen LogP contribution in [0, 0.1) is 0 Å². The van der Waals surface area contributed by atoms with E-state index < -0.39 is 0 Å². The van der Waals surface area contributed by atoms with E-state index in [9.17, 15) is 4.79 Å². The second kappa shape index (κ2) is 5.47. The predicted molar refractivity (Wildman–Crippen MR) is 107 cm³/mol. The first-order valence-electron chi connectivity index (χ1n) is 8.91. The second-order valence-electron chi connectivity index (χ2n) is 6.63. The molecule has 5 heterocycles. The van der Waals surface area contributed by atoms with Gasteiger partial charge in [0.05, 0.1) is 34.8 Å². The molecule has 6 rings (SSSR count). The molecule has 28 heavy (non-hydrogen) atoms. The summed E-state index contributed by atoms with van der Waals surface area (Å²) in [5.41, 5.74) is 4.48. The Bertz CT molecular complexity index is 1390. The number of carbonyl (C=O) groups is 1. The number of amides is 1. The third-order valence-electron chi connectivity index (χ3n) is 5.14. The molecule has 0 radical (unpaired) electrons. The van der Waals surface area contributed by atoms with Crippen LogP contribution in [0.5, 0.6) is 0 Å². The number of anilines is 2. The highest BCUT2D eigenvalue weighted by atomic mass is 16.2. The van der Waals surface area contributed by atoms with Gasteiger partial charge in [0, 0.05) is 35.1 Å². The smallest absolute Gasteiger partial charge is 0.265 e. The van der Waals surface area contributed by atoms with E-state index in [4.69, 9.17) is 0 Å². The Morgan fingerprint density at radius 1 is 0.750 bits per heavy atom. The molecule has 1 aromatic carbocycles. The quantitative estimate of drug-likeness (QED) is 0.446. The topological polar surface area (TPSA) is 63.9 Å². The van der Waals surface area contributed by atoms with Gasteiger partial charge in [-0.05, 0) is 30.3 Å². The molecule has 1 aliphatic heterocycles. The molecule has 0 saturated heterocycles. The fraction of sp³-hybridized carbons (Fsp3) is 0. The maximum atomic E-state index is 13.6. The van der Waals surface area contributed by atoms with E-state index in [0.29, 0.717) is 5.56 Å². The third-order valence-corrected chi connectivity index (χ3v) is 5.14. The van der Waals surface area contributed by atoms with Gasteiger partial charge in [0.25, 0.3) is 5.91 Å². The van der Waals surface area contributed by atoms with Gasteiger partial charge in [0.1, 0.15) is 5.65 Å². The van der Waals surface area contributed by atoms with Crippen LogP contribution < -0.4 is 4.90 Å². The Morgan fingerprint density at radius 2 is 1.61 bits per heavy atom. The van der Waals surface area contributed by atoms with Crippen molar-refractivity contribution in [3.63, 3.8) is 0 Å². The van der Waals surface area contributed by atoms with E-state index in [1.54, 1.807) is 35.8 Å². The summed E-state index contributed by atoms with van der Waals surface area (Å²) in [5.74, 6) is -0.120. The number of pyridine rings is 3. The van der Waals surface area contributed by atoms with E-state index in [1.807, 2.05) is 53.2 Å². The maximum Gasteiger partial charge on any atom is 0.265 e. The van der Waals surface area contributed by atoms with Crippen molar-refractivity contribution in [2.24, 2.45) is 0 Å². The van der Waals surface area contributed by atoms with Crippen LogP contribution >= 0.6 is 0 Å². The van der Waals surface area contributed by atoms with Gasteiger partial charge in [0.15, 0.2) is 0 Å². The van der Waals surface area contributed by atoms with Crippen LogP contribution in [0.4, 0.5) is 11.4 Å². The lowest BCUT2D eigenvalue weighted by molar-refractivity contribution is 0.1000. The summed E-state index contributed by atoms with van der Waals surface area (Å²) in [6.45, 7) is 0. The minimum absolute atomic E-state index is 0.120. The highest BCUT2D eigenvalue weighted by Gasteiger charge is 2.31. The number of benzene rings is 1. The predicted octanol–water partition coefficient (Wildman–Crippen LogP) is 4.26. The summed E-state index contributed by atoms with van der Waals surface area (Å²) in [6.07, 6.45) is 8.69. The molecule has 6 nitrogen and oxygen atoms in total. The van der Waals surface area contributed by atoms with Gasteiger partial charge in [-0.1, -0.05) is 18.2 Å². The Hall–Kier alpha value is -4.06. The number of para-hydroxylation sites is 1. The zero-order valence-electron chi connectivity index (χ0n) is 14.6. The number of aromatic nitrogens is 4. The zero-order valence-corrected chi connectivity index (χ0v) is 14.6. The van der Waals surface area contributed by atoms with Gasteiger partial charge in [-0.15, -0.1) is 0 Å². The highest BCUT2D eigenvalue weighted by Crippen LogP contribution is 2.42. The second-order valence-corrected chi connectivity index (χ2v) is 6.63. The molecule has 0 spiro atoms. The van der Waals surface area contributed by atoms with E-state index in [1.165, 1.54) is 0 Å². The Labute approximate surface area is 159 Å². The number of nitrogens with zero attached hydrogens (tertiary/aromatic N) is 5. The van der Waals surface area contributed by atoms with Crippen LogP contribution in [0.3, 0.4) is 0 Å². The Morgan fingerprint density at radius 3 is 2.50 bits per heavy atom. The molecule has 1 aliphatic rings. The zero-order chi connectivity index (χ0) is 18.7. The minimum Gasteiger partial charge on any atom is -0.289 e. The summed E-state index contributed by atoms with van der Waals surface area (Å²) in [6, 6.07) is 15.3. The van der Waals surface area contributed by atoms with Crippen LogP contribution in [-0.2, 0) is 0 Å². The first kappa shape index (κ1) is 15.0. The molecule has 132 valence electrons. The summed E-state index contributed by atoms with van der Waals surface area (Å²) in [7, 11) is 0. The number of fused-ring (bicyclic) bond motifs is 5. The molecule has 1 amide bonds. The SMILES string of the molecule is O=C1c2ccncc2-n2c3ncccc3c3cncc(c32)N1c1ccccc1. The molecule has 4 aromatic heterocycles. The molecule has 0 fully saturated rings. The molecule has 0 saturated carbocycles. The van der Waals surface area contributed by atoms with Crippen LogP contribution in [0.1, 0.15) is 10.4 Å². The number of hydrogen-bond donors (Lipinski definition) is 0. The lowest BCUT2D eigenvalue weighted by Gasteiger charge is -2.22. The summed E-state index contributed by atoms with van der Waals surface area (Å²) in [5, 5.41) is 1.94. The molecular weight excluding hydrogens is 350 g/mol. The minimum atomic E-state index is -0.120. The normalized spacial score (nSPS) is 13.0. The van der Waals surface area contributed by atoms with Crippen LogP contribution in [0.25, 0.3) is 27.6 Å². The summed E-state index contributed by atoms with van der Waals surface area (Å²) >= 11 is 0. The van der Waals surface area contributed by atoms with Gasteiger partial charge in [-0.25, -0.2) is 4.98 Å². The Balaban J connectivity index is 1.86. The third kappa shape index (κ3) is 1.86. The van der Waals surface area contributed by atoms with Gasteiger partial charge in [-0.3, -0.25) is 24.2 Å². The molecule has 0 aliphatic carbocycles. The molecule has 0 atom stereocenters. The van der Waals surface area contributed by atoms with Crippen molar-refractivity contribution >= 4 is 39.2 Å². The first-order chi connectivity index (χ1) is 13.8. The number of rotatable bonds is 1. The monoisotopic (exact) mass is 363 g/mol. The van der Waals surface area contributed by atoms with E-state index in [-0.39, 0.29) is 5.91 Å². The van der Waals surface area contributed by atoms with Crippen LogP contribution in [0.15, 0.2) is 79.5 Å². The van der Waals surface area contributed by atoms with Crippen molar-refractivity contribution in [1.82, 2.24) is 19.5 Å². The van der Waals surface area contributed by atoms with Crippen molar-refractivity contribution in [2.45, 2.75) is 0 Å². The van der Waals surface area contributed by atoms with Crippen molar-refractivity contribution < 1.29 is 4.79 Å². The van der Waals surface area contributed by atoms with Gasteiger partial charge >= 0.3 is 0 Å². The highest BCUT2D eigenvalue weighted by molar-refractivity contribution is 6.21. The van der Waals surface area contributed by atoms with Crippen molar-refractivity contribution in [2.75, 3.05) is 4.90 Å². The fourth-order valence-electron chi connectivity index (χ4n) is 3.97. The van der Waals surface area contributed by atoms with Gasteiger partial charge in [0.2, 0.25) is 0 Å². The van der Waals surface area contributed by atoms with E-state index in [2.05, 4.69) is 15.0 Å². The molecule has 0 unspecified atom stereocenters. The first-order valence-corrected chi connectivity index (χ1v) is 8.91. The Kier molecular flexibility index (Phi) is 2.94. The molecule has 0 bridgehead atoms. The van der Waals surface area contributed by atoms with Crippen LogP contribution in [0.2, 0.25) is 0 Å². The van der Waals surface area contributed by atoms with Crippen molar-refractivity contribution in [3.8, 4) is 5.69 Å². The summed E-state index contributed by atoms with van der Waals surface area (Å²) < 4.78 is 2.02. The number of hydrogen-bond acceptors (Lipinski definition) is 4. The lowest BCUT2D eigenvalue weighted by Crippen LogP contribution is -2.25. The summed E-state index contributed by atoms with van der Waals surface area (Å²) in [4.78, 5) is 28.7. The standard InChI is InChI=1S/C22H13N5O/c28-22-16-8-10-23-12-18(16)27-20-17(15-7-4-9-25-21(15)27)11-24-13-19(20)26(22)14-5-2-1-3-6-14/h1-13H. The van der Waals surface area contributed by atoms with Crippen molar-refractivity contribution in [3.05, 3.63) is 85.1 Å². The number of carbonyl (C=O) groups excluding carboxylic acids is 1. The average Bonchev–Trinajstić information content (AvgIpc) is 3.04.